The summed E-state index contributed by atoms with van der Waals surface area (Å²) in [7, 11) is 1.62. The van der Waals surface area contributed by atoms with E-state index in [2.05, 4.69) is 20.5 Å². The number of para-hydroxylation sites is 1. The Kier molecular flexibility index (Phi) is 5.27. The van der Waals surface area contributed by atoms with Crippen LogP contribution in [0.1, 0.15) is 10.4 Å². The molecule has 0 radical (unpaired) electrons. The van der Waals surface area contributed by atoms with Gasteiger partial charge in [0.15, 0.2) is 5.01 Å². The highest BCUT2D eigenvalue weighted by atomic mass is 32.1. The number of hydrogen-bond donors (Lipinski definition) is 1. The zero-order valence-corrected chi connectivity index (χ0v) is 17.8. The molecule has 156 valence electrons. The van der Waals surface area contributed by atoms with Crippen LogP contribution in [0.25, 0.3) is 32.7 Å². The molecule has 0 saturated heterocycles. The van der Waals surface area contributed by atoms with Crippen molar-refractivity contribution >= 4 is 33.3 Å². The number of fused-ring (bicyclic) bond motifs is 1. The summed E-state index contributed by atoms with van der Waals surface area (Å²) in [5.74, 6) is 0.487. The van der Waals surface area contributed by atoms with E-state index in [0.717, 1.165) is 27.8 Å². The monoisotopic (exact) mass is 439 g/mol. The van der Waals surface area contributed by atoms with E-state index in [1.807, 2.05) is 60.7 Å². The fraction of sp³-hybridized carbons (Fsp3) is 0.0417. The van der Waals surface area contributed by atoms with Crippen molar-refractivity contribution in [2.24, 2.45) is 0 Å². The molecule has 0 spiro atoms. The van der Waals surface area contributed by atoms with Gasteiger partial charge in [0.25, 0.3) is 5.91 Å². The second-order valence-corrected chi connectivity index (χ2v) is 7.89. The lowest BCUT2D eigenvalue weighted by molar-refractivity contribution is 0.102. The van der Waals surface area contributed by atoms with Crippen LogP contribution in [-0.4, -0.2) is 33.2 Å². The lowest BCUT2D eigenvalue weighted by Gasteiger charge is -2.10. The van der Waals surface area contributed by atoms with Gasteiger partial charge in [0.1, 0.15) is 5.75 Å². The minimum absolute atomic E-state index is 0.271. The molecule has 0 unspecified atom stereocenters. The molecule has 0 fully saturated rings. The highest BCUT2D eigenvalue weighted by Crippen LogP contribution is 2.29. The lowest BCUT2D eigenvalue weighted by atomic mass is 10.0. The Morgan fingerprint density at radius 1 is 0.969 bits per heavy atom. The molecular formula is C24H17N5O2S. The first-order valence-corrected chi connectivity index (χ1v) is 10.6. The number of amides is 1. The van der Waals surface area contributed by atoms with Gasteiger partial charge in [-0.15, -0.1) is 10.2 Å². The average Bonchev–Trinajstić information content (AvgIpc) is 3.32. The third kappa shape index (κ3) is 3.91. The van der Waals surface area contributed by atoms with Gasteiger partial charge in [-0.1, -0.05) is 29.5 Å². The summed E-state index contributed by atoms with van der Waals surface area (Å²) in [5.41, 5.74) is 3.69. The Morgan fingerprint density at radius 3 is 2.59 bits per heavy atom. The maximum atomic E-state index is 13.2. The van der Waals surface area contributed by atoms with Crippen molar-refractivity contribution in [3.05, 3.63) is 84.7 Å². The summed E-state index contributed by atoms with van der Waals surface area (Å²) in [6.07, 6.45) is 3.41. The molecule has 32 heavy (non-hydrogen) atoms. The summed E-state index contributed by atoms with van der Waals surface area (Å²) in [6, 6.07) is 20.7. The Bertz CT molecular complexity index is 1400. The third-order valence-electron chi connectivity index (χ3n) is 4.90. The average molecular weight is 440 g/mol. The van der Waals surface area contributed by atoms with Gasteiger partial charge in [0.2, 0.25) is 5.13 Å². The fourth-order valence-corrected chi connectivity index (χ4v) is 4.05. The number of hydrogen-bond acceptors (Lipinski definition) is 7. The van der Waals surface area contributed by atoms with Gasteiger partial charge in [-0.3, -0.25) is 15.1 Å². The Balaban J connectivity index is 1.50. The van der Waals surface area contributed by atoms with Gasteiger partial charge in [-0.25, -0.2) is 4.98 Å². The Labute approximate surface area is 187 Å². The minimum Gasteiger partial charge on any atom is -0.497 e. The molecule has 8 heteroatoms. The first-order chi connectivity index (χ1) is 15.7. The van der Waals surface area contributed by atoms with Gasteiger partial charge >= 0.3 is 0 Å². The number of rotatable bonds is 5. The van der Waals surface area contributed by atoms with E-state index in [0.29, 0.717) is 21.4 Å². The quantitative estimate of drug-likeness (QED) is 0.411. The van der Waals surface area contributed by atoms with Crippen molar-refractivity contribution in [2.75, 3.05) is 12.4 Å². The number of carbonyl (C=O) groups is 1. The molecule has 0 atom stereocenters. The van der Waals surface area contributed by atoms with E-state index in [-0.39, 0.29) is 5.91 Å². The van der Waals surface area contributed by atoms with Gasteiger partial charge in [0.05, 0.1) is 23.9 Å². The van der Waals surface area contributed by atoms with Crippen LogP contribution in [0, 0.1) is 0 Å². The molecule has 1 amide bonds. The first-order valence-electron chi connectivity index (χ1n) is 9.81. The molecule has 1 N–H and O–H groups in total. The van der Waals surface area contributed by atoms with Crippen LogP contribution in [0.5, 0.6) is 5.75 Å². The standard InChI is InChI=1S/C24H17N5O2S/c1-31-17-10-8-15(9-11-17)21-13-19(18-6-2-3-7-20(18)26-21)22(30)27-24-29-28-23(32-24)16-5-4-12-25-14-16/h2-14H,1H3,(H,27,29,30). The number of carbonyl (C=O) groups excluding carboxylic acids is 1. The number of pyridine rings is 2. The van der Waals surface area contributed by atoms with Crippen molar-refractivity contribution in [3.8, 4) is 27.6 Å². The second kappa shape index (κ2) is 8.52. The molecule has 7 nitrogen and oxygen atoms in total. The van der Waals surface area contributed by atoms with Crippen LogP contribution in [0.4, 0.5) is 5.13 Å². The highest BCUT2D eigenvalue weighted by molar-refractivity contribution is 7.18. The molecule has 0 aliphatic rings. The lowest BCUT2D eigenvalue weighted by Crippen LogP contribution is -2.13. The molecular weight excluding hydrogens is 422 g/mol. The highest BCUT2D eigenvalue weighted by Gasteiger charge is 2.16. The largest absolute Gasteiger partial charge is 0.497 e. The summed E-state index contributed by atoms with van der Waals surface area (Å²) in [4.78, 5) is 22.1. The zero-order chi connectivity index (χ0) is 21.9. The number of nitrogens with one attached hydrogen (secondary N) is 1. The molecule has 0 aliphatic carbocycles. The number of methoxy groups -OCH3 is 1. The topological polar surface area (TPSA) is 89.9 Å². The maximum absolute atomic E-state index is 13.2. The number of aromatic nitrogens is 4. The van der Waals surface area contributed by atoms with Gasteiger partial charge in [0, 0.05) is 28.9 Å². The molecule has 2 aromatic carbocycles. The maximum Gasteiger partial charge on any atom is 0.258 e. The van der Waals surface area contributed by atoms with Gasteiger partial charge in [-0.05, 0) is 48.5 Å². The van der Waals surface area contributed by atoms with Crippen LogP contribution in [0.3, 0.4) is 0 Å². The summed E-state index contributed by atoms with van der Waals surface area (Å²) >= 11 is 1.30. The van der Waals surface area contributed by atoms with E-state index in [1.54, 1.807) is 25.6 Å². The van der Waals surface area contributed by atoms with Crippen LogP contribution in [0.2, 0.25) is 0 Å². The van der Waals surface area contributed by atoms with E-state index in [4.69, 9.17) is 9.72 Å². The number of anilines is 1. The van der Waals surface area contributed by atoms with Crippen molar-refractivity contribution < 1.29 is 9.53 Å². The normalized spacial score (nSPS) is 10.8. The number of ether oxygens (including phenoxy) is 1. The minimum atomic E-state index is -0.271. The second-order valence-electron chi connectivity index (χ2n) is 6.91. The van der Waals surface area contributed by atoms with Gasteiger partial charge in [-0.2, -0.15) is 0 Å². The van der Waals surface area contributed by atoms with E-state index in [1.165, 1.54) is 11.3 Å². The molecule has 5 aromatic rings. The summed E-state index contributed by atoms with van der Waals surface area (Å²) < 4.78 is 5.24. The first kappa shape index (κ1) is 19.8. The molecule has 5 rings (SSSR count). The van der Waals surface area contributed by atoms with Crippen molar-refractivity contribution in [1.82, 2.24) is 20.2 Å². The SMILES string of the molecule is COc1ccc(-c2cc(C(=O)Nc3nnc(-c4cccnc4)s3)c3ccccc3n2)cc1. The number of benzene rings is 2. The van der Waals surface area contributed by atoms with Crippen molar-refractivity contribution in [3.63, 3.8) is 0 Å². The van der Waals surface area contributed by atoms with E-state index < -0.39 is 0 Å². The third-order valence-corrected chi connectivity index (χ3v) is 5.79. The molecule has 0 saturated carbocycles. The van der Waals surface area contributed by atoms with Crippen LogP contribution >= 0.6 is 11.3 Å². The zero-order valence-electron chi connectivity index (χ0n) is 17.0. The molecule has 0 bridgehead atoms. The Hall–Kier alpha value is -4.17. The predicted octanol–water partition coefficient (Wildman–Crippen LogP) is 5.08. The van der Waals surface area contributed by atoms with Crippen LogP contribution < -0.4 is 10.1 Å². The van der Waals surface area contributed by atoms with Crippen LogP contribution in [0.15, 0.2) is 79.1 Å². The smallest absolute Gasteiger partial charge is 0.258 e. The summed E-state index contributed by atoms with van der Waals surface area (Å²) in [5, 5.41) is 13.0. The molecule has 3 heterocycles. The van der Waals surface area contributed by atoms with Crippen LogP contribution in [-0.2, 0) is 0 Å². The summed E-state index contributed by atoms with van der Waals surface area (Å²) in [6.45, 7) is 0. The number of nitrogens with zero attached hydrogens (tertiary/aromatic N) is 4. The Morgan fingerprint density at radius 2 is 1.81 bits per heavy atom. The van der Waals surface area contributed by atoms with E-state index in [9.17, 15) is 4.79 Å². The molecule has 0 aliphatic heterocycles. The van der Waals surface area contributed by atoms with E-state index >= 15 is 0 Å². The van der Waals surface area contributed by atoms with Crippen molar-refractivity contribution in [2.45, 2.75) is 0 Å². The van der Waals surface area contributed by atoms with Crippen molar-refractivity contribution in [1.29, 1.82) is 0 Å². The predicted molar refractivity (Wildman–Crippen MR) is 125 cm³/mol. The molecule has 3 aromatic heterocycles. The van der Waals surface area contributed by atoms with Gasteiger partial charge < -0.3 is 4.74 Å². The fourth-order valence-electron chi connectivity index (χ4n) is 3.32.